The highest BCUT2D eigenvalue weighted by atomic mass is 16.3. The number of amides is 1. The van der Waals surface area contributed by atoms with Gasteiger partial charge < -0.3 is 16.2 Å². The van der Waals surface area contributed by atoms with Gasteiger partial charge in [-0.05, 0) is 42.3 Å². The Morgan fingerprint density at radius 2 is 1.95 bits per heavy atom. The molecule has 0 aliphatic heterocycles. The summed E-state index contributed by atoms with van der Waals surface area (Å²) in [6.45, 7) is 2.71. The Morgan fingerprint density at radius 3 is 2.55 bits per heavy atom. The third kappa shape index (κ3) is 3.59. The van der Waals surface area contributed by atoms with Crippen molar-refractivity contribution >= 4 is 5.91 Å². The Morgan fingerprint density at radius 1 is 1.25 bits per heavy atom. The number of rotatable bonds is 5. The number of carbonyl (C=O) groups is 1. The van der Waals surface area contributed by atoms with Crippen LogP contribution in [0.4, 0.5) is 0 Å². The quantitative estimate of drug-likeness (QED) is 0.780. The zero-order valence-corrected chi connectivity index (χ0v) is 11.3. The minimum Gasteiger partial charge on any atom is -0.508 e. The number of carbonyl (C=O) groups excluding carboxylic acids is 1. The Labute approximate surface area is 118 Å². The maximum Gasteiger partial charge on any atom is 0.248 e. The molecule has 2 aromatic carbocycles. The fourth-order valence-corrected chi connectivity index (χ4v) is 1.97. The molecule has 0 fully saturated rings. The van der Waals surface area contributed by atoms with Gasteiger partial charge in [-0.3, -0.25) is 4.79 Å². The predicted molar refractivity (Wildman–Crippen MR) is 78.3 cm³/mol. The topological polar surface area (TPSA) is 75.3 Å². The van der Waals surface area contributed by atoms with Gasteiger partial charge in [-0.2, -0.15) is 0 Å². The molecule has 4 N–H and O–H groups in total. The summed E-state index contributed by atoms with van der Waals surface area (Å²) in [5, 5.41) is 12.8. The van der Waals surface area contributed by atoms with E-state index in [-0.39, 0.29) is 11.8 Å². The predicted octanol–water partition coefficient (Wildman–Crippen LogP) is 2.34. The number of hydrogen-bond acceptors (Lipinski definition) is 3. The summed E-state index contributed by atoms with van der Waals surface area (Å²) in [6, 6.07) is 14.5. The molecule has 0 saturated carbocycles. The molecule has 1 atom stereocenters. The summed E-state index contributed by atoms with van der Waals surface area (Å²) in [7, 11) is 0. The van der Waals surface area contributed by atoms with Crippen LogP contribution in [0.2, 0.25) is 0 Å². The number of hydrogen-bond donors (Lipinski definition) is 3. The number of phenols is 1. The molecule has 2 aromatic rings. The van der Waals surface area contributed by atoms with E-state index in [4.69, 9.17) is 5.73 Å². The van der Waals surface area contributed by atoms with Crippen LogP contribution in [0, 0.1) is 0 Å². The third-order valence-corrected chi connectivity index (χ3v) is 3.22. The van der Waals surface area contributed by atoms with E-state index in [0.717, 1.165) is 11.1 Å². The first-order chi connectivity index (χ1) is 9.56. The van der Waals surface area contributed by atoms with Crippen molar-refractivity contribution in [2.45, 2.75) is 19.5 Å². The van der Waals surface area contributed by atoms with Crippen LogP contribution in [-0.4, -0.2) is 11.0 Å². The van der Waals surface area contributed by atoms with Crippen LogP contribution in [0.15, 0.2) is 48.5 Å². The molecule has 4 heteroatoms. The molecular weight excluding hydrogens is 252 g/mol. The Balaban J connectivity index is 1.96. The molecular formula is C16H18N2O2. The van der Waals surface area contributed by atoms with Crippen LogP contribution >= 0.6 is 0 Å². The monoisotopic (exact) mass is 270 g/mol. The van der Waals surface area contributed by atoms with E-state index >= 15 is 0 Å². The van der Waals surface area contributed by atoms with E-state index in [0.29, 0.717) is 12.1 Å². The Kier molecular flexibility index (Phi) is 4.38. The first-order valence-electron chi connectivity index (χ1n) is 6.47. The van der Waals surface area contributed by atoms with Gasteiger partial charge in [0.15, 0.2) is 0 Å². The van der Waals surface area contributed by atoms with Gasteiger partial charge in [0.2, 0.25) is 5.91 Å². The van der Waals surface area contributed by atoms with Gasteiger partial charge in [0.1, 0.15) is 5.75 Å². The van der Waals surface area contributed by atoms with Crippen molar-refractivity contribution in [3.63, 3.8) is 0 Å². The SMILES string of the molecule is CC(NCc1ccc(C(N)=O)cc1)c1cccc(O)c1. The molecule has 104 valence electrons. The van der Waals surface area contributed by atoms with Crippen molar-refractivity contribution in [1.82, 2.24) is 5.32 Å². The maximum atomic E-state index is 11.0. The van der Waals surface area contributed by atoms with E-state index in [1.54, 1.807) is 24.3 Å². The van der Waals surface area contributed by atoms with Crippen molar-refractivity contribution in [2.75, 3.05) is 0 Å². The van der Waals surface area contributed by atoms with Crippen molar-refractivity contribution in [3.05, 3.63) is 65.2 Å². The fourth-order valence-electron chi connectivity index (χ4n) is 1.97. The second-order valence-electron chi connectivity index (χ2n) is 4.76. The summed E-state index contributed by atoms with van der Waals surface area (Å²) in [6.07, 6.45) is 0. The fraction of sp³-hybridized carbons (Fsp3) is 0.188. The summed E-state index contributed by atoms with van der Waals surface area (Å²) in [5.74, 6) is -0.153. The third-order valence-electron chi connectivity index (χ3n) is 3.22. The first-order valence-corrected chi connectivity index (χ1v) is 6.47. The van der Waals surface area contributed by atoms with Crippen LogP contribution in [0.25, 0.3) is 0 Å². The van der Waals surface area contributed by atoms with E-state index in [1.165, 1.54) is 0 Å². The normalized spacial score (nSPS) is 12.1. The molecule has 0 aromatic heterocycles. The number of primary amides is 1. The van der Waals surface area contributed by atoms with Crippen molar-refractivity contribution in [2.24, 2.45) is 5.73 Å². The minimum absolute atomic E-state index is 0.123. The highest BCUT2D eigenvalue weighted by Gasteiger charge is 2.06. The summed E-state index contributed by atoms with van der Waals surface area (Å²) >= 11 is 0. The van der Waals surface area contributed by atoms with Crippen molar-refractivity contribution in [3.8, 4) is 5.75 Å². The van der Waals surface area contributed by atoms with Gasteiger partial charge in [-0.25, -0.2) is 0 Å². The van der Waals surface area contributed by atoms with Gasteiger partial charge in [0.05, 0.1) is 0 Å². The number of nitrogens with two attached hydrogens (primary N) is 1. The maximum absolute atomic E-state index is 11.0. The lowest BCUT2D eigenvalue weighted by molar-refractivity contribution is 0.100. The van der Waals surface area contributed by atoms with Gasteiger partial charge in [0.25, 0.3) is 0 Å². The molecule has 4 nitrogen and oxygen atoms in total. The molecule has 0 aliphatic rings. The van der Waals surface area contributed by atoms with Crippen LogP contribution in [-0.2, 0) is 6.54 Å². The molecule has 0 bridgehead atoms. The number of benzene rings is 2. The van der Waals surface area contributed by atoms with Crippen molar-refractivity contribution < 1.29 is 9.90 Å². The summed E-state index contributed by atoms with van der Waals surface area (Å²) in [4.78, 5) is 11.0. The van der Waals surface area contributed by atoms with Crippen LogP contribution in [0.1, 0.15) is 34.5 Å². The molecule has 0 spiro atoms. The van der Waals surface area contributed by atoms with Crippen LogP contribution in [0.3, 0.4) is 0 Å². The molecule has 0 heterocycles. The lowest BCUT2D eigenvalue weighted by atomic mass is 10.1. The largest absolute Gasteiger partial charge is 0.508 e. The summed E-state index contributed by atoms with van der Waals surface area (Å²) < 4.78 is 0. The molecule has 0 radical (unpaired) electrons. The van der Waals surface area contributed by atoms with E-state index in [2.05, 4.69) is 5.32 Å². The number of phenolic OH excluding ortho intramolecular Hbond substituents is 1. The van der Waals surface area contributed by atoms with E-state index in [9.17, 15) is 9.90 Å². The smallest absolute Gasteiger partial charge is 0.248 e. The van der Waals surface area contributed by atoms with Crippen molar-refractivity contribution in [1.29, 1.82) is 0 Å². The van der Waals surface area contributed by atoms with Gasteiger partial charge in [-0.15, -0.1) is 0 Å². The molecule has 1 unspecified atom stereocenters. The highest BCUT2D eigenvalue weighted by Crippen LogP contribution is 2.18. The van der Waals surface area contributed by atoms with Crippen LogP contribution in [0.5, 0.6) is 5.75 Å². The Bertz CT molecular complexity index is 594. The standard InChI is InChI=1S/C16H18N2O2/c1-11(14-3-2-4-15(19)9-14)18-10-12-5-7-13(8-6-12)16(17)20/h2-9,11,18-19H,10H2,1H3,(H2,17,20). The average molecular weight is 270 g/mol. The highest BCUT2D eigenvalue weighted by molar-refractivity contribution is 5.92. The van der Waals surface area contributed by atoms with E-state index in [1.807, 2.05) is 31.2 Å². The molecule has 0 aliphatic carbocycles. The Hall–Kier alpha value is -2.33. The lowest BCUT2D eigenvalue weighted by Gasteiger charge is -2.14. The molecule has 2 rings (SSSR count). The second-order valence-corrected chi connectivity index (χ2v) is 4.76. The molecule has 1 amide bonds. The second kappa shape index (κ2) is 6.21. The zero-order valence-electron chi connectivity index (χ0n) is 11.3. The van der Waals surface area contributed by atoms with Gasteiger partial charge >= 0.3 is 0 Å². The van der Waals surface area contributed by atoms with Gasteiger partial charge in [-0.1, -0.05) is 24.3 Å². The molecule has 0 saturated heterocycles. The number of aromatic hydroxyl groups is 1. The minimum atomic E-state index is -0.419. The number of nitrogens with one attached hydrogen (secondary N) is 1. The summed E-state index contributed by atoms with van der Waals surface area (Å²) in [5.41, 5.74) is 7.80. The van der Waals surface area contributed by atoms with Gasteiger partial charge in [0, 0.05) is 18.2 Å². The van der Waals surface area contributed by atoms with Crippen LogP contribution < -0.4 is 11.1 Å². The first kappa shape index (κ1) is 14.1. The molecule has 20 heavy (non-hydrogen) atoms. The zero-order chi connectivity index (χ0) is 14.5. The average Bonchev–Trinajstić information content (AvgIpc) is 2.45. The van der Waals surface area contributed by atoms with E-state index < -0.39 is 5.91 Å². The lowest BCUT2D eigenvalue weighted by Crippen LogP contribution is -2.18.